The molecule has 2 atom stereocenters. The fourth-order valence-corrected chi connectivity index (χ4v) is 2.62. The van der Waals surface area contributed by atoms with Crippen molar-refractivity contribution in [3.8, 4) is 0 Å². The van der Waals surface area contributed by atoms with Crippen molar-refractivity contribution in [1.82, 2.24) is 5.32 Å². The number of rotatable bonds is 4. The molecule has 1 saturated carbocycles. The molecule has 0 saturated heterocycles. The second-order valence-corrected chi connectivity index (χ2v) is 5.20. The Bertz CT molecular complexity index is 487. The molecule has 20 heavy (non-hydrogen) atoms. The molecule has 1 fully saturated rings. The Morgan fingerprint density at radius 3 is 2.85 bits per heavy atom. The molecule has 1 amide bonds. The number of aliphatic hydroxyl groups excluding tert-OH is 1. The predicted molar refractivity (Wildman–Crippen MR) is 76.4 cm³/mol. The number of carbonyl (C=O) groups excluding carboxylic acids is 1. The van der Waals surface area contributed by atoms with Gasteiger partial charge in [0.2, 0.25) is 5.91 Å². The third kappa shape index (κ3) is 3.90. The van der Waals surface area contributed by atoms with Gasteiger partial charge in [0.05, 0.1) is 0 Å². The summed E-state index contributed by atoms with van der Waals surface area (Å²) in [6.45, 7) is 0.0992. The highest BCUT2D eigenvalue weighted by Gasteiger charge is 2.25. The van der Waals surface area contributed by atoms with Gasteiger partial charge < -0.3 is 10.4 Å². The lowest BCUT2D eigenvalue weighted by atomic mass is 9.85. The number of nitrogens with one attached hydrogen (secondary N) is 1. The van der Waals surface area contributed by atoms with Crippen LogP contribution in [0, 0.1) is 11.7 Å². The van der Waals surface area contributed by atoms with E-state index in [9.17, 15) is 14.3 Å². The second-order valence-electron chi connectivity index (χ2n) is 5.20. The molecule has 4 heteroatoms. The standard InChI is InChI=1S/C16H20FNO2/c17-14-7-3-1-5-12(14)9-10-16(20)18-15-8-4-2-6-13(15)11-19/h1,3,5,7,9-10,13,15,19H,2,4,6,8,11H2,(H,18,20)/b10-9+. The average Bonchev–Trinajstić information content (AvgIpc) is 2.47. The monoisotopic (exact) mass is 277 g/mol. The van der Waals surface area contributed by atoms with Gasteiger partial charge in [-0.1, -0.05) is 31.0 Å². The van der Waals surface area contributed by atoms with Gasteiger partial charge in [0.15, 0.2) is 0 Å². The SMILES string of the molecule is O=C(/C=C/c1ccccc1F)NC1CCCCC1CO. The van der Waals surface area contributed by atoms with E-state index >= 15 is 0 Å². The van der Waals surface area contributed by atoms with Crippen molar-refractivity contribution < 1.29 is 14.3 Å². The summed E-state index contributed by atoms with van der Waals surface area (Å²) < 4.78 is 13.4. The van der Waals surface area contributed by atoms with E-state index < -0.39 is 0 Å². The first-order chi connectivity index (χ1) is 9.70. The minimum Gasteiger partial charge on any atom is -0.396 e. The quantitative estimate of drug-likeness (QED) is 0.831. The topological polar surface area (TPSA) is 49.3 Å². The molecular weight excluding hydrogens is 257 g/mol. The molecular formula is C16H20FNO2. The number of aliphatic hydroxyl groups is 1. The van der Waals surface area contributed by atoms with Gasteiger partial charge >= 0.3 is 0 Å². The van der Waals surface area contributed by atoms with E-state index in [1.165, 1.54) is 18.2 Å². The zero-order valence-electron chi connectivity index (χ0n) is 11.4. The van der Waals surface area contributed by atoms with Crippen LogP contribution < -0.4 is 5.32 Å². The molecule has 2 rings (SSSR count). The first-order valence-electron chi connectivity index (χ1n) is 7.04. The Morgan fingerprint density at radius 1 is 1.35 bits per heavy atom. The van der Waals surface area contributed by atoms with Crippen LogP contribution in [-0.2, 0) is 4.79 Å². The van der Waals surface area contributed by atoms with Crippen LogP contribution in [0.4, 0.5) is 4.39 Å². The molecule has 2 unspecified atom stereocenters. The van der Waals surface area contributed by atoms with Crippen molar-refractivity contribution in [3.05, 3.63) is 41.7 Å². The van der Waals surface area contributed by atoms with Crippen LogP contribution in [0.3, 0.4) is 0 Å². The van der Waals surface area contributed by atoms with Crippen LogP contribution >= 0.6 is 0 Å². The molecule has 0 radical (unpaired) electrons. The maximum absolute atomic E-state index is 13.4. The van der Waals surface area contributed by atoms with Crippen LogP contribution in [0.15, 0.2) is 30.3 Å². The lowest BCUT2D eigenvalue weighted by Crippen LogP contribution is -2.42. The third-order valence-electron chi connectivity index (χ3n) is 3.79. The van der Waals surface area contributed by atoms with E-state index in [1.807, 2.05) is 0 Å². The van der Waals surface area contributed by atoms with E-state index in [1.54, 1.807) is 18.2 Å². The van der Waals surface area contributed by atoms with Gasteiger partial charge in [-0.15, -0.1) is 0 Å². The van der Waals surface area contributed by atoms with Crippen molar-refractivity contribution in [1.29, 1.82) is 0 Å². The lowest BCUT2D eigenvalue weighted by molar-refractivity contribution is -0.117. The molecule has 3 nitrogen and oxygen atoms in total. The molecule has 0 aliphatic heterocycles. The summed E-state index contributed by atoms with van der Waals surface area (Å²) in [5, 5.41) is 12.2. The minimum absolute atomic E-state index is 0.0199. The Morgan fingerprint density at radius 2 is 2.10 bits per heavy atom. The van der Waals surface area contributed by atoms with E-state index in [2.05, 4.69) is 5.32 Å². The first kappa shape index (κ1) is 14.7. The molecule has 2 N–H and O–H groups in total. The Hall–Kier alpha value is -1.68. The molecule has 108 valence electrons. The van der Waals surface area contributed by atoms with Crippen molar-refractivity contribution >= 4 is 12.0 Å². The minimum atomic E-state index is -0.345. The number of benzene rings is 1. The number of amides is 1. The highest BCUT2D eigenvalue weighted by molar-refractivity contribution is 5.91. The number of hydrogen-bond donors (Lipinski definition) is 2. The maximum Gasteiger partial charge on any atom is 0.244 e. The van der Waals surface area contributed by atoms with Crippen molar-refractivity contribution in [2.45, 2.75) is 31.7 Å². The van der Waals surface area contributed by atoms with Crippen LogP contribution in [0.5, 0.6) is 0 Å². The summed E-state index contributed by atoms with van der Waals surface area (Å²) in [6, 6.07) is 6.34. The van der Waals surface area contributed by atoms with E-state index in [4.69, 9.17) is 0 Å². The highest BCUT2D eigenvalue weighted by Crippen LogP contribution is 2.23. The van der Waals surface area contributed by atoms with E-state index in [-0.39, 0.29) is 30.3 Å². The predicted octanol–water partition coefficient (Wildman–Crippen LogP) is 2.51. The molecule has 0 spiro atoms. The second kappa shape index (κ2) is 7.20. The third-order valence-corrected chi connectivity index (χ3v) is 3.79. The molecule has 1 aromatic carbocycles. The summed E-state index contributed by atoms with van der Waals surface area (Å²) in [6.07, 6.45) is 6.83. The molecule has 0 heterocycles. The van der Waals surface area contributed by atoms with Crippen molar-refractivity contribution in [2.24, 2.45) is 5.92 Å². The van der Waals surface area contributed by atoms with Crippen LogP contribution in [0.25, 0.3) is 6.08 Å². The van der Waals surface area contributed by atoms with Gasteiger partial charge in [0.1, 0.15) is 5.82 Å². The Labute approximate surface area is 118 Å². The lowest BCUT2D eigenvalue weighted by Gasteiger charge is -2.30. The summed E-state index contributed by atoms with van der Waals surface area (Å²) in [5.74, 6) is -0.449. The molecule has 1 aliphatic rings. The first-order valence-corrected chi connectivity index (χ1v) is 7.04. The molecule has 0 bridgehead atoms. The summed E-state index contributed by atoms with van der Waals surface area (Å²) in [4.78, 5) is 11.9. The summed E-state index contributed by atoms with van der Waals surface area (Å²) in [5.41, 5.74) is 0.394. The van der Waals surface area contributed by atoms with Gasteiger partial charge in [-0.3, -0.25) is 4.79 Å². The van der Waals surface area contributed by atoms with Crippen molar-refractivity contribution in [2.75, 3.05) is 6.61 Å². The Kier molecular flexibility index (Phi) is 5.30. The number of hydrogen-bond acceptors (Lipinski definition) is 2. The zero-order valence-corrected chi connectivity index (χ0v) is 11.4. The van der Waals surface area contributed by atoms with Gasteiger partial charge in [-0.2, -0.15) is 0 Å². The van der Waals surface area contributed by atoms with Crippen LogP contribution in [0.1, 0.15) is 31.2 Å². The Balaban J connectivity index is 1.93. The van der Waals surface area contributed by atoms with Gasteiger partial charge in [-0.05, 0) is 25.0 Å². The fourth-order valence-electron chi connectivity index (χ4n) is 2.62. The number of carbonyl (C=O) groups is 1. The van der Waals surface area contributed by atoms with E-state index in [0.29, 0.717) is 5.56 Å². The van der Waals surface area contributed by atoms with Gasteiger partial charge in [-0.25, -0.2) is 4.39 Å². The summed E-state index contributed by atoms with van der Waals surface area (Å²) >= 11 is 0. The smallest absolute Gasteiger partial charge is 0.244 e. The van der Waals surface area contributed by atoms with Gasteiger partial charge in [0.25, 0.3) is 0 Å². The van der Waals surface area contributed by atoms with Crippen LogP contribution in [-0.4, -0.2) is 23.7 Å². The highest BCUT2D eigenvalue weighted by atomic mass is 19.1. The largest absolute Gasteiger partial charge is 0.396 e. The maximum atomic E-state index is 13.4. The number of halogens is 1. The molecule has 1 aromatic rings. The van der Waals surface area contributed by atoms with Crippen molar-refractivity contribution in [3.63, 3.8) is 0 Å². The van der Waals surface area contributed by atoms with E-state index in [0.717, 1.165) is 25.7 Å². The molecule has 0 aromatic heterocycles. The fraction of sp³-hybridized carbons (Fsp3) is 0.438. The normalized spacial score (nSPS) is 22.9. The van der Waals surface area contributed by atoms with Crippen LogP contribution in [0.2, 0.25) is 0 Å². The van der Waals surface area contributed by atoms with Gasteiger partial charge in [0, 0.05) is 30.2 Å². The average molecular weight is 277 g/mol. The molecule has 1 aliphatic carbocycles. The summed E-state index contributed by atoms with van der Waals surface area (Å²) in [7, 11) is 0. The zero-order chi connectivity index (χ0) is 14.4.